The van der Waals surface area contributed by atoms with Crippen LogP contribution in [0.2, 0.25) is 0 Å². The topological polar surface area (TPSA) is 12.0 Å². The lowest BCUT2D eigenvalue weighted by molar-refractivity contribution is 0.225. The van der Waals surface area contributed by atoms with E-state index in [2.05, 4.69) is 50.4 Å². The molecule has 1 nitrogen and oxygen atoms in total. The Morgan fingerprint density at radius 1 is 1.15 bits per heavy atom. The van der Waals surface area contributed by atoms with Crippen LogP contribution in [0.4, 0.5) is 0 Å². The molecule has 0 radical (unpaired) electrons. The second kappa shape index (κ2) is 7.83. The molecule has 0 aromatic heterocycles. The Balaban J connectivity index is 2.10. The summed E-state index contributed by atoms with van der Waals surface area (Å²) in [6.07, 6.45) is 8.03. The number of hydrogen-bond acceptors (Lipinski definition) is 1. The van der Waals surface area contributed by atoms with Gasteiger partial charge in [-0.1, -0.05) is 64.3 Å². The maximum atomic E-state index is 3.74. The summed E-state index contributed by atoms with van der Waals surface area (Å²) >= 11 is 0. The van der Waals surface area contributed by atoms with Gasteiger partial charge >= 0.3 is 0 Å². The third kappa shape index (κ3) is 4.09. The highest BCUT2D eigenvalue weighted by molar-refractivity contribution is 5.26. The van der Waals surface area contributed by atoms with Crippen molar-refractivity contribution in [2.45, 2.75) is 65.3 Å². The fraction of sp³-hybridized carbons (Fsp3) is 0.684. The van der Waals surface area contributed by atoms with Gasteiger partial charge in [0.1, 0.15) is 0 Å². The minimum Gasteiger partial charge on any atom is -0.310 e. The minimum atomic E-state index is 0.554. The van der Waals surface area contributed by atoms with Gasteiger partial charge in [-0.05, 0) is 48.8 Å². The zero-order chi connectivity index (χ0) is 14.4. The van der Waals surface area contributed by atoms with E-state index in [1.807, 2.05) is 0 Å². The Morgan fingerprint density at radius 2 is 1.90 bits per heavy atom. The van der Waals surface area contributed by atoms with Gasteiger partial charge in [0, 0.05) is 6.04 Å². The molecule has 112 valence electrons. The maximum Gasteiger partial charge on any atom is 0.0348 e. The Labute approximate surface area is 125 Å². The molecule has 1 saturated carbocycles. The van der Waals surface area contributed by atoms with E-state index in [0.29, 0.717) is 6.04 Å². The summed E-state index contributed by atoms with van der Waals surface area (Å²) in [4.78, 5) is 0. The predicted molar refractivity (Wildman–Crippen MR) is 88.0 cm³/mol. The Morgan fingerprint density at radius 3 is 2.50 bits per heavy atom. The summed E-state index contributed by atoms with van der Waals surface area (Å²) in [5.41, 5.74) is 2.97. The van der Waals surface area contributed by atoms with Gasteiger partial charge in [-0.25, -0.2) is 0 Å². The van der Waals surface area contributed by atoms with Gasteiger partial charge in [0.2, 0.25) is 0 Å². The van der Waals surface area contributed by atoms with Gasteiger partial charge in [-0.3, -0.25) is 0 Å². The number of nitrogens with one attached hydrogen (secondary N) is 1. The lowest BCUT2D eigenvalue weighted by Gasteiger charge is -2.34. The second-order valence-electron chi connectivity index (χ2n) is 6.56. The smallest absolute Gasteiger partial charge is 0.0348 e. The molecule has 0 aliphatic heterocycles. The molecule has 1 aliphatic rings. The average molecular weight is 273 g/mol. The minimum absolute atomic E-state index is 0.554. The first kappa shape index (κ1) is 15.6. The molecular formula is C19H31N. The van der Waals surface area contributed by atoms with Crippen molar-refractivity contribution in [3.63, 3.8) is 0 Å². The van der Waals surface area contributed by atoms with Gasteiger partial charge in [0.15, 0.2) is 0 Å². The first-order valence-electron chi connectivity index (χ1n) is 8.56. The molecule has 1 aliphatic carbocycles. The summed E-state index contributed by atoms with van der Waals surface area (Å²) < 4.78 is 0. The van der Waals surface area contributed by atoms with Crippen molar-refractivity contribution in [3.8, 4) is 0 Å². The van der Waals surface area contributed by atoms with Crippen molar-refractivity contribution < 1.29 is 0 Å². The van der Waals surface area contributed by atoms with Gasteiger partial charge in [-0.2, -0.15) is 0 Å². The number of aryl methyl sites for hydroxylation is 1. The molecule has 3 atom stereocenters. The summed E-state index contributed by atoms with van der Waals surface area (Å²) in [5, 5.41) is 3.74. The molecule has 1 aromatic carbocycles. The van der Waals surface area contributed by atoms with Gasteiger partial charge in [0.25, 0.3) is 0 Å². The Hall–Kier alpha value is -0.820. The summed E-state index contributed by atoms with van der Waals surface area (Å²) in [7, 11) is 0. The monoisotopic (exact) mass is 273 g/mol. The fourth-order valence-electron chi connectivity index (χ4n) is 3.74. The third-order valence-corrected chi connectivity index (χ3v) is 4.75. The standard InChI is InChI=1S/C19H31N/c1-4-7-16-10-12-17(13-11-16)19(20-5-2)18-9-6-8-15(3)14-18/h10-13,15,18-20H,4-9,14H2,1-3H3. The van der Waals surface area contributed by atoms with E-state index in [-0.39, 0.29) is 0 Å². The van der Waals surface area contributed by atoms with E-state index < -0.39 is 0 Å². The van der Waals surface area contributed by atoms with Crippen LogP contribution in [0.25, 0.3) is 0 Å². The van der Waals surface area contributed by atoms with Crippen molar-refractivity contribution in [2.75, 3.05) is 6.54 Å². The van der Waals surface area contributed by atoms with E-state index in [0.717, 1.165) is 18.4 Å². The van der Waals surface area contributed by atoms with Crippen LogP contribution >= 0.6 is 0 Å². The maximum absolute atomic E-state index is 3.74. The van der Waals surface area contributed by atoms with E-state index in [4.69, 9.17) is 0 Å². The van der Waals surface area contributed by atoms with Crippen LogP contribution in [0, 0.1) is 11.8 Å². The highest BCUT2D eigenvalue weighted by Crippen LogP contribution is 2.37. The highest BCUT2D eigenvalue weighted by atomic mass is 14.9. The molecule has 1 aromatic rings. The molecule has 1 fully saturated rings. The summed E-state index contributed by atoms with van der Waals surface area (Å²) in [5.74, 6) is 1.71. The molecule has 0 saturated heterocycles. The van der Waals surface area contributed by atoms with Crippen molar-refractivity contribution in [3.05, 3.63) is 35.4 Å². The van der Waals surface area contributed by atoms with Crippen molar-refractivity contribution in [1.82, 2.24) is 5.32 Å². The normalized spacial score (nSPS) is 24.6. The Kier molecular flexibility index (Phi) is 6.09. The van der Waals surface area contributed by atoms with Crippen LogP contribution < -0.4 is 5.32 Å². The van der Waals surface area contributed by atoms with E-state index in [1.54, 1.807) is 0 Å². The van der Waals surface area contributed by atoms with Gasteiger partial charge < -0.3 is 5.32 Å². The van der Waals surface area contributed by atoms with E-state index in [1.165, 1.54) is 49.7 Å². The zero-order valence-corrected chi connectivity index (χ0v) is 13.5. The predicted octanol–water partition coefficient (Wildman–Crippen LogP) is 5.12. The molecule has 0 spiro atoms. The molecule has 2 rings (SSSR count). The number of rotatable bonds is 6. The highest BCUT2D eigenvalue weighted by Gasteiger charge is 2.27. The van der Waals surface area contributed by atoms with E-state index >= 15 is 0 Å². The molecule has 0 bridgehead atoms. The van der Waals surface area contributed by atoms with Gasteiger partial charge in [0.05, 0.1) is 0 Å². The molecular weight excluding hydrogens is 242 g/mol. The van der Waals surface area contributed by atoms with Crippen LogP contribution in [0.3, 0.4) is 0 Å². The first-order valence-corrected chi connectivity index (χ1v) is 8.56. The van der Waals surface area contributed by atoms with Crippen LogP contribution in [0.5, 0.6) is 0 Å². The molecule has 3 unspecified atom stereocenters. The lowest BCUT2D eigenvalue weighted by atomic mass is 9.76. The zero-order valence-electron chi connectivity index (χ0n) is 13.5. The number of hydrogen-bond donors (Lipinski definition) is 1. The van der Waals surface area contributed by atoms with Crippen molar-refractivity contribution >= 4 is 0 Å². The second-order valence-corrected chi connectivity index (χ2v) is 6.56. The van der Waals surface area contributed by atoms with Gasteiger partial charge in [-0.15, -0.1) is 0 Å². The molecule has 1 N–H and O–H groups in total. The lowest BCUT2D eigenvalue weighted by Crippen LogP contribution is -2.31. The van der Waals surface area contributed by atoms with Crippen molar-refractivity contribution in [2.24, 2.45) is 11.8 Å². The Bertz CT molecular complexity index is 381. The third-order valence-electron chi connectivity index (χ3n) is 4.75. The SMILES string of the molecule is CCCc1ccc(C(NCC)C2CCCC(C)C2)cc1. The largest absolute Gasteiger partial charge is 0.310 e. The quantitative estimate of drug-likeness (QED) is 0.759. The van der Waals surface area contributed by atoms with Crippen LogP contribution in [-0.4, -0.2) is 6.54 Å². The number of benzene rings is 1. The van der Waals surface area contributed by atoms with E-state index in [9.17, 15) is 0 Å². The molecule has 1 heteroatoms. The first-order chi connectivity index (χ1) is 9.74. The van der Waals surface area contributed by atoms with Crippen LogP contribution in [-0.2, 0) is 6.42 Å². The molecule has 0 amide bonds. The average Bonchev–Trinajstić information content (AvgIpc) is 2.46. The molecule has 0 heterocycles. The van der Waals surface area contributed by atoms with Crippen LogP contribution in [0.15, 0.2) is 24.3 Å². The summed E-state index contributed by atoms with van der Waals surface area (Å²) in [6.45, 7) is 7.95. The summed E-state index contributed by atoms with van der Waals surface area (Å²) in [6, 6.07) is 9.93. The molecule has 20 heavy (non-hydrogen) atoms. The van der Waals surface area contributed by atoms with Crippen LogP contribution in [0.1, 0.15) is 70.0 Å². The van der Waals surface area contributed by atoms with Crippen molar-refractivity contribution in [1.29, 1.82) is 0 Å². The fourth-order valence-corrected chi connectivity index (χ4v) is 3.74.